The van der Waals surface area contributed by atoms with Gasteiger partial charge in [0.25, 0.3) is 0 Å². The van der Waals surface area contributed by atoms with E-state index in [4.69, 9.17) is 9.47 Å². The number of carbonyl (C=O) groups is 1. The van der Waals surface area contributed by atoms with Crippen LogP contribution in [0.3, 0.4) is 0 Å². The third kappa shape index (κ3) is 42.9. The molecule has 51 heavy (non-hydrogen) atoms. The lowest BCUT2D eigenvalue weighted by Crippen LogP contribution is -2.27. The molecule has 0 spiro atoms. The van der Waals surface area contributed by atoms with Crippen molar-refractivity contribution in [2.24, 2.45) is 0 Å². The first kappa shape index (κ1) is 49.6. The molecule has 0 aromatic heterocycles. The van der Waals surface area contributed by atoms with E-state index in [1.807, 2.05) is 0 Å². The van der Waals surface area contributed by atoms with E-state index in [2.05, 4.69) is 50.3 Å². The normalized spacial score (nSPS) is 12.6. The summed E-state index contributed by atoms with van der Waals surface area (Å²) in [6.07, 6.45) is 56.3. The maximum atomic E-state index is 12.2. The van der Waals surface area contributed by atoms with E-state index in [0.717, 1.165) is 25.7 Å². The summed E-state index contributed by atoms with van der Waals surface area (Å²) in [6.45, 7) is 5.35. The number of hydrogen-bond donors (Lipinski definition) is 1. The van der Waals surface area contributed by atoms with Gasteiger partial charge in [-0.15, -0.1) is 0 Å². The number of aliphatic hydroxyl groups excluding tert-OH is 1. The molecular formula is C47H88O4. The first-order valence-corrected chi connectivity index (χ1v) is 22.6. The van der Waals surface area contributed by atoms with Crippen LogP contribution in [0, 0.1) is 0 Å². The average Bonchev–Trinajstić information content (AvgIpc) is 3.14. The monoisotopic (exact) mass is 717 g/mol. The fourth-order valence-corrected chi connectivity index (χ4v) is 6.53. The fraction of sp³-hybridized carbons (Fsp3) is 0.851. The van der Waals surface area contributed by atoms with Crippen molar-refractivity contribution < 1.29 is 19.4 Å². The number of esters is 1. The number of aliphatic hydroxyl groups is 1. The minimum atomic E-state index is -0.537. The molecule has 0 aliphatic carbocycles. The lowest BCUT2D eigenvalue weighted by atomic mass is 10.1. The van der Waals surface area contributed by atoms with Crippen molar-refractivity contribution in [2.45, 2.75) is 238 Å². The molecule has 0 saturated heterocycles. The Labute approximate surface area is 319 Å². The van der Waals surface area contributed by atoms with Gasteiger partial charge in [0.05, 0.1) is 13.2 Å². The summed E-state index contributed by atoms with van der Waals surface area (Å²) in [5.41, 5.74) is 0. The van der Waals surface area contributed by atoms with E-state index in [9.17, 15) is 9.90 Å². The van der Waals surface area contributed by atoms with Crippen LogP contribution in [0.25, 0.3) is 0 Å². The van der Waals surface area contributed by atoms with Crippen LogP contribution in [0.15, 0.2) is 36.5 Å². The number of carbonyl (C=O) groups excluding carboxylic acids is 1. The molecule has 1 atom stereocenters. The molecule has 0 saturated carbocycles. The van der Waals surface area contributed by atoms with Crippen LogP contribution in [0.2, 0.25) is 0 Å². The molecule has 0 radical (unpaired) electrons. The van der Waals surface area contributed by atoms with E-state index in [-0.39, 0.29) is 12.6 Å². The van der Waals surface area contributed by atoms with Crippen LogP contribution in [-0.4, -0.2) is 37.0 Å². The Kier molecular flexibility index (Phi) is 43.5. The summed E-state index contributed by atoms with van der Waals surface area (Å²) >= 11 is 0. The zero-order valence-electron chi connectivity index (χ0n) is 34.4. The molecule has 0 bridgehead atoms. The molecule has 0 aliphatic rings. The minimum absolute atomic E-state index is 0.173. The van der Waals surface area contributed by atoms with Crippen molar-refractivity contribution in [1.29, 1.82) is 0 Å². The van der Waals surface area contributed by atoms with Crippen LogP contribution in [0.4, 0.5) is 0 Å². The van der Waals surface area contributed by atoms with E-state index in [0.29, 0.717) is 19.6 Å². The summed E-state index contributed by atoms with van der Waals surface area (Å²) in [7, 11) is 0. The first-order valence-electron chi connectivity index (χ1n) is 22.6. The molecule has 0 aromatic carbocycles. The van der Waals surface area contributed by atoms with Gasteiger partial charge in [-0.3, -0.25) is 4.79 Å². The lowest BCUT2D eigenvalue weighted by molar-refractivity contribution is -0.154. The number of unbranched alkanes of at least 4 members (excludes halogenated alkanes) is 28. The molecule has 0 rings (SSSR count). The molecule has 0 aromatic rings. The van der Waals surface area contributed by atoms with Crippen molar-refractivity contribution in [3.05, 3.63) is 36.5 Å². The second-order valence-electron chi connectivity index (χ2n) is 15.1. The molecule has 0 amide bonds. The molecule has 0 heterocycles. The van der Waals surface area contributed by atoms with E-state index in [1.54, 1.807) is 0 Å². The van der Waals surface area contributed by atoms with E-state index >= 15 is 0 Å². The highest BCUT2D eigenvalue weighted by Gasteiger charge is 2.13. The van der Waals surface area contributed by atoms with Crippen LogP contribution >= 0.6 is 0 Å². The van der Waals surface area contributed by atoms with Gasteiger partial charge in [0.15, 0.2) is 0 Å². The Hall–Kier alpha value is -1.39. The summed E-state index contributed by atoms with van der Waals surface area (Å²) in [4.78, 5) is 12.2. The van der Waals surface area contributed by atoms with E-state index in [1.165, 1.54) is 186 Å². The molecule has 1 N–H and O–H groups in total. The minimum Gasteiger partial charge on any atom is -0.457 e. The molecule has 0 aliphatic heterocycles. The van der Waals surface area contributed by atoms with Gasteiger partial charge >= 0.3 is 5.97 Å². The maximum Gasteiger partial charge on any atom is 0.306 e. The van der Waals surface area contributed by atoms with E-state index < -0.39 is 6.10 Å². The van der Waals surface area contributed by atoms with Crippen LogP contribution in [0.1, 0.15) is 232 Å². The molecule has 1 unspecified atom stereocenters. The van der Waals surface area contributed by atoms with Gasteiger partial charge in [0.1, 0.15) is 6.10 Å². The second-order valence-corrected chi connectivity index (χ2v) is 15.1. The number of rotatable bonds is 42. The standard InChI is InChI=1S/C47H88O4/c1-3-5-7-9-11-13-15-17-19-21-23-24-25-26-28-30-32-34-36-38-40-42-47(49)51-46(44-48)45-50-43-41-39-37-35-33-31-29-27-22-20-18-16-14-12-10-8-6-4-2/h15,17-18,20-21,23,46,48H,3-14,16,19,22,24-45H2,1-2H3/b17-15-,20-18-,23-21-. The van der Waals surface area contributed by atoms with Gasteiger partial charge in [-0.1, -0.05) is 192 Å². The van der Waals surface area contributed by atoms with Crippen molar-refractivity contribution >= 4 is 5.97 Å². The zero-order valence-corrected chi connectivity index (χ0v) is 34.4. The highest BCUT2D eigenvalue weighted by molar-refractivity contribution is 5.69. The highest BCUT2D eigenvalue weighted by Crippen LogP contribution is 2.14. The number of ether oxygens (including phenoxy) is 2. The number of allylic oxidation sites excluding steroid dienone is 6. The quantitative estimate of drug-likeness (QED) is 0.0388. The second kappa shape index (κ2) is 44.8. The summed E-state index contributed by atoms with van der Waals surface area (Å²) < 4.78 is 11.2. The highest BCUT2D eigenvalue weighted by atomic mass is 16.6. The maximum absolute atomic E-state index is 12.2. The zero-order chi connectivity index (χ0) is 37.0. The van der Waals surface area contributed by atoms with Crippen LogP contribution in [0.5, 0.6) is 0 Å². The van der Waals surface area contributed by atoms with Gasteiger partial charge in [-0.25, -0.2) is 0 Å². The average molecular weight is 717 g/mol. The van der Waals surface area contributed by atoms with Crippen molar-refractivity contribution in [3.63, 3.8) is 0 Å². The van der Waals surface area contributed by atoms with Gasteiger partial charge in [0, 0.05) is 13.0 Å². The van der Waals surface area contributed by atoms with Crippen molar-refractivity contribution in [1.82, 2.24) is 0 Å². The van der Waals surface area contributed by atoms with Gasteiger partial charge in [-0.05, 0) is 70.6 Å². The molecule has 4 nitrogen and oxygen atoms in total. The predicted molar refractivity (Wildman–Crippen MR) is 224 cm³/mol. The lowest BCUT2D eigenvalue weighted by Gasteiger charge is -2.16. The van der Waals surface area contributed by atoms with Crippen molar-refractivity contribution in [3.8, 4) is 0 Å². The molecular weight excluding hydrogens is 629 g/mol. The van der Waals surface area contributed by atoms with Gasteiger partial charge in [0.2, 0.25) is 0 Å². The Morgan fingerprint density at radius 1 is 0.471 bits per heavy atom. The largest absolute Gasteiger partial charge is 0.457 e. The number of hydrogen-bond acceptors (Lipinski definition) is 4. The van der Waals surface area contributed by atoms with Gasteiger partial charge in [-0.2, -0.15) is 0 Å². The smallest absolute Gasteiger partial charge is 0.306 e. The van der Waals surface area contributed by atoms with Crippen LogP contribution < -0.4 is 0 Å². The van der Waals surface area contributed by atoms with Crippen molar-refractivity contribution in [2.75, 3.05) is 19.8 Å². The predicted octanol–water partition coefficient (Wildman–Crippen LogP) is 14.9. The SMILES string of the molecule is CCCCCCC/C=C\C/C=C\CCCCCCCCCCCC(=O)OC(CO)COCCCCCCCCCC/C=C\CCCCCCCC. The topological polar surface area (TPSA) is 55.8 Å². The first-order chi connectivity index (χ1) is 25.2. The van der Waals surface area contributed by atoms with Gasteiger partial charge < -0.3 is 14.6 Å². The Balaban J connectivity index is 3.42. The fourth-order valence-electron chi connectivity index (χ4n) is 6.53. The Morgan fingerprint density at radius 2 is 0.824 bits per heavy atom. The third-order valence-electron chi connectivity index (χ3n) is 9.94. The summed E-state index contributed by atoms with van der Waals surface area (Å²) in [5.74, 6) is -0.204. The summed E-state index contributed by atoms with van der Waals surface area (Å²) in [5, 5.41) is 9.61. The Bertz CT molecular complexity index is 757. The van der Waals surface area contributed by atoms with Crippen LogP contribution in [-0.2, 0) is 14.3 Å². The summed E-state index contributed by atoms with van der Waals surface area (Å²) in [6, 6.07) is 0. The Morgan fingerprint density at radius 3 is 1.24 bits per heavy atom. The molecule has 300 valence electrons. The molecule has 4 heteroatoms. The third-order valence-corrected chi connectivity index (χ3v) is 9.94. The molecule has 0 fully saturated rings.